The first-order valence-electron chi connectivity index (χ1n) is 9.92. The minimum atomic E-state index is -0.241. The molecular formula is C24H28FN3O. The molecule has 0 aliphatic rings. The lowest BCUT2D eigenvalue weighted by Gasteiger charge is -2.26. The molecule has 0 spiro atoms. The number of nitrogens with zero attached hydrogens (tertiary/aromatic N) is 2. The zero-order chi connectivity index (χ0) is 20.8. The molecule has 152 valence electrons. The van der Waals surface area contributed by atoms with Gasteiger partial charge in [0.1, 0.15) is 5.82 Å². The van der Waals surface area contributed by atoms with Crippen molar-refractivity contribution in [2.75, 3.05) is 11.9 Å². The number of anilines is 1. The summed E-state index contributed by atoms with van der Waals surface area (Å²) in [5.74, 6) is 0.0973. The Kier molecular flexibility index (Phi) is 6.70. The third kappa shape index (κ3) is 5.95. The number of aromatic nitrogens is 1. The molecular weight excluding hydrogens is 365 g/mol. The van der Waals surface area contributed by atoms with Gasteiger partial charge >= 0.3 is 6.03 Å². The van der Waals surface area contributed by atoms with Gasteiger partial charge in [0.15, 0.2) is 0 Å². The van der Waals surface area contributed by atoms with E-state index >= 15 is 0 Å². The van der Waals surface area contributed by atoms with Crippen LogP contribution in [0.25, 0.3) is 0 Å². The van der Waals surface area contributed by atoms with Crippen LogP contribution in [0.4, 0.5) is 14.9 Å². The lowest BCUT2D eigenvalue weighted by molar-refractivity contribution is 0.200. The fourth-order valence-corrected chi connectivity index (χ4v) is 3.36. The molecule has 3 aromatic rings. The van der Waals surface area contributed by atoms with Crippen molar-refractivity contribution in [1.82, 2.24) is 9.47 Å². The molecule has 29 heavy (non-hydrogen) atoms. The maximum atomic E-state index is 13.5. The second-order valence-electron chi connectivity index (χ2n) is 7.83. The first-order chi connectivity index (χ1) is 13.9. The number of amides is 2. The van der Waals surface area contributed by atoms with Crippen molar-refractivity contribution in [2.24, 2.45) is 5.92 Å². The van der Waals surface area contributed by atoms with Gasteiger partial charge in [-0.05, 0) is 60.4 Å². The molecule has 1 heterocycles. The van der Waals surface area contributed by atoms with Crippen LogP contribution < -0.4 is 5.32 Å². The largest absolute Gasteiger partial charge is 0.345 e. The summed E-state index contributed by atoms with van der Waals surface area (Å²) in [4.78, 5) is 14.8. The van der Waals surface area contributed by atoms with Gasteiger partial charge in [-0.1, -0.05) is 38.1 Å². The second-order valence-corrected chi connectivity index (χ2v) is 7.83. The first-order valence-corrected chi connectivity index (χ1v) is 9.92. The van der Waals surface area contributed by atoms with Crippen molar-refractivity contribution < 1.29 is 9.18 Å². The van der Waals surface area contributed by atoms with Gasteiger partial charge in [0, 0.05) is 30.7 Å². The molecule has 1 aromatic heterocycles. The molecule has 0 unspecified atom stereocenters. The fourth-order valence-electron chi connectivity index (χ4n) is 3.36. The SMILES string of the molecule is Cc1cccc(NC(=O)N(Cc2cccn2Cc2cccc(F)c2)CC(C)C)c1. The van der Waals surface area contributed by atoms with Gasteiger partial charge in [-0.15, -0.1) is 0 Å². The Morgan fingerprint density at radius 2 is 1.90 bits per heavy atom. The number of hydrogen-bond donors (Lipinski definition) is 1. The summed E-state index contributed by atoms with van der Waals surface area (Å²) >= 11 is 0. The van der Waals surface area contributed by atoms with Crippen molar-refractivity contribution in [3.63, 3.8) is 0 Å². The summed E-state index contributed by atoms with van der Waals surface area (Å²) in [5, 5.41) is 3.01. The van der Waals surface area contributed by atoms with Crippen LogP contribution in [0, 0.1) is 18.7 Å². The number of aryl methyl sites for hydroxylation is 1. The molecule has 2 amide bonds. The van der Waals surface area contributed by atoms with Crippen LogP contribution in [0.1, 0.15) is 30.7 Å². The standard InChI is InChI=1S/C24H28FN3O/c1-18(2)15-28(24(29)26-22-10-4-7-19(3)13-22)17-23-11-6-12-27(23)16-20-8-5-9-21(25)14-20/h4-14,18H,15-17H2,1-3H3,(H,26,29). The first kappa shape index (κ1) is 20.6. The van der Waals surface area contributed by atoms with Crippen molar-refractivity contribution >= 4 is 11.7 Å². The molecule has 0 saturated carbocycles. The highest BCUT2D eigenvalue weighted by Crippen LogP contribution is 2.15. The van der Waals surface area contributed by atoms with Crippen molar-refractivity contribution in [1.29, 1.82) is 0 Å². The van der Waals surface area contributed by atoms with Crippen LogP contribution in [-0.4, -0.2) is 22.0 Å². The van der Waals surface area contributed by atoms with E-state index in [1.165, 1.54) is 6.07 Å². The summed E-state index contributed by atoms with van der Waals surface area (Å²) in [6.45, 7) is 7.88. The zero-order valence-corrected chi connectivity index (χ0v) is 17.2. The van der Waals surface area contributed by atoms with E-state index in [-0.39, 0.29) is 11.8 Å². The molecule has 0 fully saturated rings. The molecule has 0 bridgehead atoms. The topological polar surface area (TPSA) is 37.3 Å². The van der Waals surface area contributed by atoms with Gasteiger partial charge in [0.25, 0.3) is 0 Å². The molecule has 1 N–H and O–H groups in total. The van der Waals surface area contributed by atoms with Gasteiger partial charge in [0.05, 0.1) is 6.54 Å². The summed E-state index contributed by atoms with van der Waals surface area (Å²) < 4.78 is 15.6. The van der Waals surface area contributed by atoms with Gasteiger partial charge in [-0.25, -0.2) is 9.18 Å². The second kappa shape index (κ2) is 9.41. The highest BCUT2D eigenvalue weighted by molar-refractivity contribution is 5.89. The van der Waals surface area contributed by atoms with Crippen molar-refractivity contribution in [3.05, 3.63) is 89.5 Å². The predicted octanol–water partition coefficient (Wildman–Crippen LogP) is 5.67. The third-order valence-electron chi connectivity index (χ3n) is 4.66. The molecule has 2 aromatic carbocycles. The normalized spacial score (nSPS) is 10.9. The van der Waals surface area contributed by atoms with E-state index in [0.29, 0.717) is 25.6 Å². The van der Waals surface area contributed by atoms with E-state index in [9.17, 15) is 9.18 Å². The Morgan fingerprint density at radius 3 is 2.62 bits per heavy atom. The van der Waals surface area contributed by atoms with E-state index in [1.54, 1.807) is 12.1 Å². The Morgan fingerprint density at radius 1 is 1.10 bits per heavy atom. The van der Waals surface area contributed by atoms with E-state index in [1.807, 2.05) is 60.5 Å². The maximum absolute atomic E-state index is 13.5. The molecule has 0 aliphatic heterocycles. The molecule has 0 saturated heterocycles. The number of carbonyl (C=O) groups is 1. The van der Waals surface area contributed by atoms with Gasteiger partial charge in [-0.2, -0.15) is 0 Å². The molecule has 4 nitrogen and oxygen atoms in total. The Labute approximate surface area is 172 Å². The van der Waals surface area contributed by atoms with E-state index in [4.69, 9.17) is 0 Å². The van der Waals surface area contributed by atoms with Crippen LogP contribution in [0.15, 0.2) is 66.9 Å². The van der Waals surface area contributed by atoms with Crippen LogP contribution in [0.3, 0.4) is 0 Å². The highest BCUT2D eigenvalue weighted by Gasteiger charge is 2.17. The van der Waals surface area contributed by atoms with E-state index in [2.05, 4.69) is 23.7 Å². The Hall–Kier alpha value is -3.08. The minimum Gasteiger partial charge on any atom is -0.345 e. The molecule has 5 heteroatoms. The summed E-state index contributed by atoms with van der Waals surface area (Å²) in [7, 11) is 0. The lowest BCUT2D eigenvalue weighted by Crippen LogP contribution is -2.37. The summed E-state index contributed by atoms with van der Waals surface area (Å²) in [6.07, 6.45) is 1.96. The quantitative estimate of drug-likeness (QED) is 0.551. The molecule has 0 radical (unpaired) electrons. The Bertz CT molecular complexity index is 964. The number of hydrogen-bond acceptors (Lipinski definition) is 1. The van der Waals surface area contributed by atoms with Crippen LogP contribution in [0.5, 0.6) is 0 Å². The highest BCUT2D eigenvalue weighted by atomic mass is 19.1. The predicted molar refractivity (Wildman–Crippen MR) is 115 cm³/mol. The third-order valence-corrected chi connectivity index (χ3v) is 4.66. The summed E-state index contributed by atoms with van der Waals surface area (Å²) in [5.41, 5.74) is 3.79. The maximum Gasteiger partial charge on any atom is 0.322 e. The number of carbonyl (C=O) groups excluding carboxylic acids is 1. The van der Waals surface area contributed by atoms with Crippen LogP contribution >= 0.6 is 0 Å². The van der Waals surface area contributed by atoms with Crippen molar-refractivity contribution in [3.8, 4) is 0 Å². The van der Waals surface area contributed by atoms with Crippen molar-refractivity contribution in [2.45, 2.75) is 33.9 Å². The molecule has 0 atom stereocenters. The monoisotopic (exact) mass is 393 g/mol. The number of halogens is 1. The van der Waals surface area contributed by atoms with E-state index < -0.39 is 0 Å². The number of rotatable bonds is 7. The smallest absolute Gasteiger partial charge is 0.322 e. The average molecular weight is 394 g/mol. The van der Waals surface area contributed by atoms with Crippen LogP contribution in [0.2, 0.25) is 0 Å². The van der Waals surface area contributed by atoms with E-state index in [0.717, 1.165) is 22.5 Å². The fraction of sp³-hybridized carbons (Fsp3) is 0.292. The van der Waals surface area contributed by atoms with Gasteiger partial charge in [0.2, 0.25) is 0 Å². The van der Waals surface area contributed by atoms with Crippen LogP contribution in [-0.2, 0) is 13.1 Å². The van der Waals surface area contributed by atoms with Gasteiger partial charge < -0.3 is 14.8 Å². The lowest BCUT2D eigenvalue weighted by atomic mass is 10.2. The minimum absolute atomic E-state index is 0.122. The zero-order valence-electron chi connectivity index (χ0n) is 17.2. The summed E-state index contributed by atoms with van der Waals surface area (Å²) in [6, 6.07) is 18.2. The number of urea groups is 1. The molecule has 3 rings (SSSR count). The van der Waals surface area contributed by atoms with Gasteiger partial charge in [-0.3, -0.25) is 0 Å². The number of nitrogens with one attached hydrogen (secondary N) is 1. The Balaban J connectivity index is 1.75. The number of benzene rings is 2. The molecule has 0 aliphatic carbocycles. The average Bonchev–Trinajstić information content (AvgIpc) is 3.07.